The van der Waals surface area contributed by atoms with Crippen LogP contribution in [0.4, 0.5) is 4.79 Å². The Morgan fingerprint density at radius 2 is 2.00 bits per heavy atom. The van der Waals surface area contributed by atoms with E-state index in [-0.39, 0.29) is 6.09 Å². The highest BCUT2D eigenvalue weighted by molar-refractivity contribution is 5.74. The molecule has 1 spiro atoms. The molecular weight excluding hydrogens is 414 g/mol. The van der Waals surface area contributed by atoms with Crippen LogP contribution in [0.1, 0.15) is 63.8 Å². The molecule has 1 aromatic rings. The molecule has 176 valence electrons. The van der Waals surface area contributed by atoms with Crippen LogP contribution >= 0.6 is 0 Å². The average molecular weight is 450 g/mol. The number of rotatable bonds is 6. The molecule has 1 amide bonds. The molecule has 0 atom stereocenters. The van der Waals surface area contributed by atoms with E-state index in [1.54, 1.807) is 4.90 Å². The molecule has 6 heteroatoms. The smallest absolute Gasteiger partial charge is 0.415 e. The van der Waals surface area contributed by atoms with Crippen molar-refractivity contribution in [3.8, 4) is 0 Å². The molecule has 1 aliphatic carbocycles. The lowest BCUT2D eigenvalue weighted by molar-refractivity contribution is -0.00149. The van der Waals surface area contributed by atoms with E-state index in [9.17, 15) is 4.79 Å². The first kappa shape index (κ1) is 23.3. The lowest BCUT2D eigenvalue weighted by Gasteiger charge is -2.37. The molecule has 1 aromatic heterocycles. The molecule has 4 rings (SSSR count). The highest BCUT2D eigenvalue weighted by atomic mass is 16.6. The zero-order valence-electron chi connectivity index (χ0n) is 20.3. The van der Waals surface area contributed by atoms with Crippen molar-refractivity contribution in [2.45, 2.75) is 65.5 Å². The van der Waals surface area contributed by atoms with E-state index in [0.29, 0.717) is 12.4 Å². The van der Waals surface area contributed by atoms with Gasteiger partial charge in [-0.05, 0) is 39.7 Å². The number of nitrogens with zero attached hydrogens (tertiary/aromatic N) is 3. The number of aryl methyl sites for hydroxylation is 1. The van der Waals surface area contributed by atoms with Crippen LogP contribution in [-0.2, 0) is 11.3 Å². The Balaban J connectivity index is 1.38. The number of hydrogen-bond acceptors (Lipinski definition) is 5. The Bertz CT molecular complexity index is 1030. The fourth-order valence-electron chi connectivity index (χ4n) is 4.66. The molecule has 0 N–H and O–H groups in total. The minimum absolute atomic E-state index is 0.227. The third kappa shape index (κ3) is 5.22. The molecular formula is C27H35N3O3. The molecule has 0 radical (unpaired) electrons. The standard InChI is InChI=1S/C27H35N3O3/c1-5-8-22(9-6-2)25-28-24(21(4)32-25)18-29-16-14-27(15-17-29)19-30(26(31)33-27)23-11-7-10-20(3)12-13-23/h5,8-13H,6-7,14-19H2,1-4H3/b8-5-,22-9+. The minimum Gasteiger partial charge on any atom is -0.441 e. The summed E-state index contributed by atoms with van der Waals surface area (Å²) in [6.45, 7) is 11.3. The van der Waals surface area contributed by atoms with E-state index in [0.717, 1.165) is 68.0 Å². The van der Waals surface area contributed by atoms with E-state index in [4.69, 9.17) is 14.1 Å². The van der Waals surface area contributed by atoms with Crippen molar-refractivity contribution in [3.63, 3.8) is 0 Å². The van der Waals surface area contributed by atoms with Crippen LogP contribution < -0.4 is 0 Å². The quantitative estimate of drug-likeness (QED) is 0.504. The van der Waals surface area contributed by atoms with Crippen LogP contribution in [0.2, 0.25) is 0 Å². The summed E-state index contributed by atoms with van der Waals surface area (Å²) in [6.07, 6.45) is 17.7. The number of oxazole rings is 1. The summed E-state index contributed by atoms with van der Waals surface area (Å²) >= 11 is 0. The molecule has 3 aliphatic rings. The van der Waals surface area contributed by atoms with E-state index in [1.807, 2.05) is 32.1 Å². The summed E-state index contributed by atoms with van der Waals surface area (Å²) in [5.74, 6) is 1.55. The highest BCUT2D eigenvalue weighted by Crippen LogP contribution is 2.36. The largest absolute Gasteiger partial charge is 0.441 e. The zero-order chi connectivity index (χ0) is 23.4. The van der Waals surface area contributed by atoms with Gasteiger partial charge in [-0.15, -0.1) is 0 Å². The van der Waals surface area contributed by atoms with Gasteiger partial charge in [-0.1, -0.05) is 49.0 Å². The highest BCUT2D eigenvalue weighted by Gasteiger charge is 2.47. The van der Waals surface area contributed by atoms with Crippen LogP contribution in [0.25, 0.3) is 5.57 Å². The minimum atomic E-state index is -0.399. The predicted molar refractivity (Wildman–Crippen MR) is 130 cm³/mol. The number of carbonyl (C=O) groups is 1. The van der Waals surface area contributed by atoms with Crippen LogP contribution in [0.3, 0.4) is 0 Å². The molecule has 2 fully saturated rings. The molecule has 3 heterocycles. The number of aromatic nitrogens is 1. The van der Waals surface area contributed by atoms with Gasteiger partial charge >= 0.3 is 6.09 Å². The number of carbonyl (C=O) groups excluding carboxylic acids is 1. The monoisotopic (exact) mass is 449 g/mol. The first-order valence-electron chi connectivity index (χ1n) is 12.0. The Morgan fingerprint density at radius 1 is 1.21 bits per heavy atom. The summed E-state index contributed by atoms with van der Waals surface area (Å²) in [7, 11) is 0. The van der Waals surface area contributed by atoms with E-state index >= 15 is 0 Å². The van der Waals surface area contributed by atoms with Crippen molar-refractivity contribution < 1.29 is 13.9 Å². The number of hydrogen-bond donors (Lipinski definition) is 0. The second kappa shape index (κ2) is 9.96. The fourth-order valence-corrected chi connectivity index (χ4v) is 4.66. The third-order valence-corrected chi connectivity index (χ3v) is 6.62. The van der Waals surface area contributed by atoms with Gasteiger partial charge < -0.3 is 9.15 Å². The number of allylic oxidation sites excluding steroid dienone is 9. The zero-order valence-corrected chi connectivity index (χ0v) is 20.3. The number of ether oxygens (including phenoxy) is 1. The van der Waals surface area contributed by atoms with Gasteiger partial charge in [0.15, 0.2) is 0 Å². The van der Waals surface area contributed by atoms with E-state index < -0.39 is 5.60 Å². The Morgan fingerprint density at radius 3 is 2.73 bits per heavy atom. The lowest BCUT2D eigenvalue weighted by atomic mass is 9.91. The average Bonchev–Trinajstić information content (AvgIpc) is 3.22. The summed E-state index contributed by atoms with van der Waals surface area (Å²) in [5.41, 5.74) is 3.76. The molecule has 0 unspecified atom stereocenters. The van der Waals surface area contributed by atoms with Gasteiger partial charge in [0, 0.05) is 43.7 Å². The Hall–Kier alpha value is -2.86. The predicted octanol–water partition coefficient (Wildman–Crippen LogP) is 5.93. The van der Waals surface area contributed by atoms with Crippen molar-refractivity contribution >= 4 is 11.7 Å². The summed E-state index contributed by atoms with van der Waals surface area (Å²) in [4.78, 5) is 21.7. The van der Waals surface area contributed by atoms with Gasteiger partial charge in [-0.3, -0.25) is 9.80 Å². The molecule has 33 heavy (non-hydrogen) atoms. The molecule has 2 aliphatic heterocycles. The lowest BCUT2D eigenvalue weighted by Crippen LogP contribution is -2.46. The van der Waals surface area contributed by atoms with Crippen LogP contribution in [-0.4, -0.2) is 46.1 Å². The number of likely N-dealkylation sites (tertiary alicyclic amines) is 1. The van der Waals surface area contributed by atoms with Crippen LogP contribution in [0, 0.1) is 6.92 Å². The van der Waals surface area contributed by atoms with Gasteiger partial charge in [0.05, 0.1) is 12.2 Å². The van der Waals surface area contributed by atoms with Crippen molar-refractivity contribution in [2.24, 2.45) is 0 Å². The normalized spacial score (nSPS) is 21.5. The second-order valence-corrected chi connectivity index (χ2v) is 9.15. The number of amides is 1. The molecule has 0 aromatic carbocycles. The van der Waals surface area contributed by atoms with Gasteiger partial charge in [0.1, 0.15) is 11.4 Å². The summed E-state index contributed by atoms with van der Waals surface area (Å²) in [6, 6.07) is 0. The van der Waals surface area contributed by atoms with Gasteiger partial charge in [-0.25, -0.2) is 9.78 Å². The maximum Gasteiger partial charge on any atom is 0.415 e. The second-order valence-electron chi connectivity index (χ2n) is 9.15. The maximum absolute atomic E-state index is 12.7. The fraction of sp³-hybridized carbons (Fsp3) is 0.481. The summed E-state index contributed by atoms with van der Waals surface area (Å²) < 4.78 is 11.9. The van der Waals surface area contributed by atoms with Gasteiger partial charge in [0.2, 0.25) is 5.89 Å². The van der Waals surface area contributed by atoms with Crippen molar-refractivity contribution in [1.29, 1.82) is 0 Å². The maximum atomic E-state index is 12.7. The van der Waals surface area contributed by atoms with Gasteiger partial charge in [0.25, 0.3) is 0 Å². The van der Waals surface area contributed by atoms with Crippen LogP contribution in [0.15, 0.2) is 58.2 Å². The first-order valence-corrected chi connectivity index (χ1v) is 12.0. The van der Waals surface area contributed by atoms with Crippen molar-refractivity contribution in [3.05, 3.63) is 71.1 Å². The van der Waals surface area contributed by atoms with Crippen molar-refractivity contribution in [1.82, 2.24) is 14.8 Å². The molecule has 0 saturated carbocycles. The Kier molecular flexibility index (Phi) is 7.03. The molecule has 0 bridgehead atoms. The third-order valence-electron chi connectivity index (χ3n) is 6.62. The van der Waals surface area contributed by atoms with Gasteiger partial charge in [-0.2, -0.15) is 0 Å². The summed E-state index contributed by atoms with van der Waals surface area (Å²) in [5, 5.41) is 0. The first-order chi connectivity index (χ1) is 15.9. The van der Waals surface area contributed by atoms with E-state index in [1.165, 1.54) is 5.57 Å². The number of piperidine rings is 1. The Labute approximate surface area is 197 Å². The van der Waals surface area contributed by atoms with Crippen LogP contribution in [0.5, 0.6) is 0 Å². The topological polar surface area (TPSA) is 58.8 Å². The molecule has 6 nitrogen and oxygen atoms in total. The van der Waals surface area contributed by atoms with Crippen molar-refractivity contribution in [2.75, 3.05) is 19.6 Å². The van der Waals surface area contributed by atoms with E-state index in [2.05, 4.69) is 43.1 Å². The SMILES string of the molecule is C/C=C\C(=C/CC)c1nc(CN2CCC3(CC2)CN(C2=CCC=C(C)C=C2)C(=O)O3)c(C)o1. The molecule has 2 saturated heterocycles.